The Morgan fingerprint density at radius 1 is 0.775 bits per heavy atom. The van der Waals surface area contributed by atoms with E-state index in [9.17, 15) is 24.3 Å². The van der Waals surface area contributed by atoms with Crippen LogP contribution in [0.1, 0.15) is 44.1 Å². The molecule has 0 saturated heterocycles. The van der Waals surface area contributed by atoms with Gasteiger partial charge in [0, 0.05) is 25.2 Å². The molecule has 12 nitrogen and oxygen atoms in total. The van der Waals surface area contributed by atoms with E-state index in [0.29, 0.717) is 63.3 Å². The average molecular weight is 565 g/mol. The van der Waals surface area contributed by atoms with E-state index in [4.69, 9.17) is 23.7 Å². The van der Waals surface area contributed by atoms with Crippen molar-refractivity contribution in [3.05, 3.63) is 55.1 Å². The van der Waals surface area contributed by atoms with E-state index >= 15 is 0 Å². The minimum Gasteiger partial charge on any atom is -0.491 e. The van der Waals surface area contributed by atoms with Crippen LogP contribution >= 0.6 is 0 Å². The van der Waals surface area contributed by atoms with Crippen LogP contribution in [0, 0.1) is 0 Å². The number of aliphatic hydroxyl groups excluding tert-OH is 1. The summed E-state index contributed by atoms with van der Waals surface area (Å²) in [5.74, 6) is -0.452. The van der Waals surface area contributed by atoms with Gasteiger partial charge < -0.3 is 39.4 Å². The van der Waals surface area contributed by atoms with Crippen molar-refractivity contribution in [3.63, 3.8) is 0 Å². The standard InChI is InChI=1S/C28H40N2O10/c1-3-25(32)36-16-9-5-7-14-29-27(34)39-19-22-12-11-13-24(18-22)38-20-23(31)21-40-28(35)30-15-8-6-10-17-37-26(33)4-2/h3-4,11-13,18,23,31H,1-2,5-10,14-17,19-21H2,(H,29,34)(H,30,35). The van der Waals surface area contributed by atoms with Crippen molar-refractivity contribution in [2.24, 2.45) is 0 Å². The molecule has 0 aliphatic heterocycles. The van der Waals surface area contributed by atoms with Crippen molar-refractivity contribution in [1.29, 1.82) is 0 Å². The van der Waals surface area contributed by atoms with Gasteiger partial charge in [0.05, 0.1) is 13.2 Å². The molecule has 1 rings (SSSR count). The van der Waals surface area contributed by atoms with Gasteiger partial charge in [-0.1, -0.05) is 25.3 Å². The third-order valence-electron chi connectivity index (χ3n) is 5.12. The molecule has 0 saturated carbocycles. The number of amides is 2. The maximum atomic E-state index is 11.9. The zero-order valence-electron chi connectivity index (χ0n) is 22.8. The van der Waals surface area contributed by atoms with Gasteiger partial charge in [0.1, 0.15) is 31.7 Å². The number of nitrogens with one attached hydrogen (secondary N) is 2. The van der Waals surface area contributed by atoms with Crippen molar-refractivity contribution in [1.82, 2.24) is 10.6 Å². The van der Waals surface area contributed by atoms with E-state index in [1.807, 2.05) is 0 Å². The highest BCUT2D eigenvalue weighted by Crippen LogP contribution is 2.14. The first-order chi connectivity index (χ1) is 19.3. The molecule has 1 aromatic rings. The largest absolute Gasteiger partial charge is 0.491 e. The Hall–Kier alpha value is -4.06. The topological polar surface area (TPSA) is 159 Å². The number of benzene rings is 1. The number of aliphatic hydroxyl groups is 1. The Kier molecular flexibility index (Phi) is 18.5. The van der Waals surface area contributed by atoms with Crippen LogP contribution < -0.4 is 15.4 Å². The predicted molar refractivity (Wildman–Crippen MR) is 145 cm³/mol. The molecule has 3 N–H and O–H groups in total. The number of hydrogen-bond acceptors (Lipinski definition) is 10. The third-order valence-corrected chi connectivity index (χ3v) is 5.12. The van der Waals surface area contributed by atoms with Crippen LogP contribution in [0.25, 0.3) is 0 Å². The highest BCUT2D eigenvalue weighted by molar-refractivity contribution is 5.81. The molecule has 1 aromatic carbocycles. The van der Waals surface area contributed by atoms with Crippen molar-refractivity contribution in [2.75, 3.05) is 39.5 Å². The highest BCUT2D eigenvalue weighted by atomic mass is 16.6. The van der Waals surface area contributed by atoms with E-state index in [1.54, 1.807) is 24.3 Å². The Balaban J connectivity index is 2.13. The Morgan fingerprint density at radius 2 is 1.35 bits per heavy atom. The summed E-state index contributed by atoms with van der Waals surface area (Å²) < 4.78 is 25.5. The number of alkyl carbamates (subject to hydrolysis) is 2. The van der Waals surface area contributed by atoms with Crippen LogP contribution in [0.3, 0.4) is 0 Å². The second kappa shape index (κ2) is 21.8. The quantitative estimate of drug-likeness (QED) is 0.0876. The molecule has 0 radical (unpaired) electrons. The molecule has 0 aliphatic carbocycles. The first-order valence-electron chi connectivity index (χ1n) is 13.1. The zero-order chi connectivity index (χ0) is 29.4. The molecule has 1 atom stereocenters. The van der Waals surface area contributed by atoms with Gasteiger partial charge in [0.25, 0.3) is 0 Å². The summed E-state index contributed by atoms with van der Waals surface area (Å²) in [6.07, 6.45) is 4.29. The number of unbranched alkanes of at least 4 members (excludes halogenated alkanes) is 4. The molecule has 0 heterocycles. The lowest BCUT2D eigenvalue weighted by Gasteiger charge is -2.14. The molecule has 1 unspecified atom stereocenters. The summed E-state index contributed by atoms with van der Waals surface area (Å²) in [7, 11) is 0. The lowest BCUT2D eigenvalue weighted by Crippen LogP contribution is -2.31. The Morgan fingerprint density at radius 3 is 1.93 bits per heavy atom. The summed E-state index contributed by atoms with van der Waals surface area (Å²) in [4.78, 5) is 45.5. The number of carbonyl (C=O) groups is 4. The van der Waals surface area contributed by atoms with Crippen molar-refractivity contribution >= 4 is 24.1 Å². The van der Waals surface area contributed by atoms with Gasteiger partial charge in [0.2, 0.25) is 0 Å². The molecule has 40 heavy (non-hydrogen) atoms. The van der Waals surface area contributed by atoms with Crippen LogP contribution in [0.4, 0.5) is 9.59 Å². The summed E-state index contributed by atoms with van der Waals surface area (Å²) in [5.41, 5.74) is 0.695. The molecule has 0 spiro atoms. The van der Waals surface area contributed by atoms with Gasteiger partial charge >= 0.3 is 24.1 Å². The third kappa shape index (κ3) is 18.2. The van der Waals surface area contributed by atoms with Crippen LogP contribution in [0.15, 0.2) is 49.6 Å². The molecular formula is C28H40N2O10. The number of ether oxygens (including phenoxy) is 5. The highest BCUT2D eigenvalue weighted by Gasteiger charge is 2.10. The van der Waals surface area contributed by atoms with Crippen LogP contribution in [0.2, 0.25) is 0 Å². The zero-order valence-corrected chi connectivity index (χ0v) is 22.8. The van der Waals surface area contributed by atoms with Gasteiger partial charge in [0.15, 0.2) is 0 Å². The maximum Gasteiger partial charge on any atom is 0.407 e. The van der Waals surface area contributed by atoms with Crippen LogP contribution in [-0.2, 0) is 35.1 Å². The number of esters is 2. The molecule has 0 fully saturated rings. The number of rotatable bonds is 21. The fraction of sp³-hybridized carbons (Fsp3) is 0.500. The first-order valence-corrected chi connectivity index (χ1v) is 13.1. The predicted octanol–water partition coefficient (Wildman–Crippen LogP) is 3.18. The van der Waals surface area contributed by atoms with E-state index in [2.05, 4.69) is 23.8 Å². The smallest absolute Gasteiger partial charge is 0.407 e. The molecule has 0 aromatic heterocycles. The van der Waals surface area contributed by atoms with Gasteiger partial charge in [-0.05, 0) is 56.2 Å². The van der Waals surface area contributed by atoms with Gasteiger partial charge in [-0.3, -0.25) is 0 Å². The molecule has 2 amide bonds. The Bertz CT molecular complexity index is 937. The first kappa shape index (κ1) is 34.0. The maximum absolute atomic E-state index is 11.9. The summed E-state index contributed by atoms with van der Waals surface area (Å²) in [6.45, 7) is 7.76. The van der Waals surface area contributed by atoms with Crippen molar-refractivity contribution in [2.45, 2.75) is 51.2 Å². The fourth-order valence-corrected chi connectivity index (χ4v) is 3.04. The lowest BCUT2D eigenvalue weighted by molar-refractivity contribution is -0.138. The second-order valence-electron chi connectivity index (χ2n) is 8.50. The Labute approximate surface area is 234 Å². The van der Waals surface area contributed by atoms with Gasteiger partial charge in [-0.2, -0.15) is 0 Å². The molecule has 222 valence electrons. The molecular weight excluding hydrogens is 524 g/mol. The minimum atomic E-state index is -1.04. The normalized spacial score (nSPS) is 10.9. The summed E-state index contributed by atoms with van der Waals surface area (Å²) in [5, 5.41) is 15.3. The lowest BCUT2D eigenvalue weighted by atomic mass is 10.2. The minimum absolute atomic E-state index is 0.0341. The molecule has 0 bridgehead atoms. The van der Waals surface area contributed by atoms with Crippen LogP contribution in [-0.4, -0.2) is 74.9 Å². The molecule has 0 aliphatic rings. The number of hydrogen-bond donors (Lipinski definition) is 3. The fourth-order valence-electron chi connectivity index (χ4n) is 3.04. The average Bonchev–Trinajstić information content (AvgIpc) is 2.96. The van der Waals surface area contributed by atoms with E-state index in [-0.39, 0.29) is 19.8 Å². The number of carbonyl (C=O) groups excluding carboxylic acids is 4. The van der Waals surface area contributed by atoms with E-state index < -0.39 is 30.2 Å². The van der Waals surface area contributed by atoms with Crippen LogP contribution in [0.5, 0.6) is 5.75 Å². The van der Waals surface area contributed by atoms with E-state index in [0.717, 1.165) is 25.0 Å². The van der Waals surface area contributed by atoms with Crippen molar-refractivity contribution < 1.29 is 48.0 Å². The van der Waals surface area contributed by atoms with Crippen molar-refractivity contribution in [3.8, 4) is 5.75 Å². The SMILES string of the molecule is C=CC(=O)OCCCCCNC(=O)OCc1cccc(OCC(O)COC(=O)NCCCCCOC(=O)C=C)c1. The monoisotopic (exact) mass is 564 g/mol. The molecule has 12 heteroatoms. The van der Waals surface area contributed by atoms with E-state index in [1.165, 1.54) is 0 Å². The second-order valence-corrected chi connectivity index (χ2v) is 8.50. The summed E-state index contributed by atoms with van der Waals surface area (Å²) in [6, 6.07) is 6.86. The summed E-state index contributed by atoms with van der Waals surface area (Å²) >= 11 is 0. The van der Waals surface area contributed by atoms with Gasteiger partial charge in [-0.25, -0.2) is 19.2 Å². The van der Waals surface area contributed by atoms with Gasteiger partial charge in [-0.15, -0.1) is 0 Å².